The third-order valence-electron chi connectivity index (χ3n) is 5.07. The maximum Gasteiger partial charge on any atom is 0.0444 e. The molecule has 104 valence electrons. The van der Waals surface area contributed by atoms with Gasteiger partial charge in [0.25, 0.3) is 0 Å². The lowest BCUT2D eigenvalue weighted by atomic mass is 9.87. The summed E-state index contributed by atoms with van der Waals surface area (Å²) < 4.78 is 0. The second kappa shape index (κ2) is 4.76. The van der Waals surface area contributed by atoms with Gasteiger partial charge in [-0.2, -0.15) is 0 Å². The van der Waals surface area contributed by atoms with E-state index in [2.05, 4.69) is 37.1 Å². The standard InChI is InChI=1S/C16H23ClN2/c1-11(18)16(6-7-16)13-3-4-14(15(17)9-13)12-5-8-19(2)10-12/h3-4,9,11-12H,5-8,10,18H2,1-2H3. The Morgan fingerprint density at radius 2 is 2.16 bits per heavy atom. The summed E-state index contributed by atoms with van der Waals surface area (Å²) in [5.74, 6) is 0.594. The topological polar surface area (TPSA) is 29.3 Å². The molecule has 2 unspecified atom stereocenters. The van der Waals surface area contributed by atoms with E-state index in [0.29, 0.717) is 5.92 Å². The molecule has 0 amide bonds. The first-order valence-corrected chi connectivity index (χ1v) is 7.65. The van der Waals surface area contributed by atoms with Gasteiger partial charge in [-0.3, -0.25) is 0 Å². The monoisotopic (exact) mass is 278 g/mol. The fraction of sp³-hybridized carbons (Fsp3) is 0.625. The quantitative estimate of drug-likeness (QED) is 0.920. The molecule has 2 atom stereocenters. The Bertz CT molecular complexity index is 480. The van der Waals surface area contributed by atoms with E-state index in [1.807, 2.05) is 0 Å². The molecule has 0 aromatic heterocycles. The molecule has 19 heavy (non-hydrogen) atoms. The number of benzene rings is 1. The van der Waals surface area contributed by atoms with E-state index < -0.39 is 0 Å². The first-order chi connectivity index (χ1) is 9.03. The minimum Gasteiger partial charge on any atom is -0.327 e. The van der Waals surface area contributed by atoms with Gasteiger partial charge >= 0.3 is 0 Å². The third kappa shape index (κ3) is 2.31. The van der Waals surface area contributed by atoms with Gasteiger partial charge in [-0.25, -0.2) is 0 Å². The maximum atomic E-state index is 6.54. The molecule has 2 aliphatic rings. The minimum atomic E-state index is 0.203. The molecular weight excluding hydrogens is 256 g/mol. The van der Waals surface area contributed by atoms with Crippen LogP contribution in [-0.2, 0) is 5.41 Å². The highest BCUT2D eigenvalue weighted by atomic mass is 35.5. The number of nitrogens with two attached hydrogens (primary N) is 1. The number of likely N-dealkylation sites (tertiary alicyclic amines) is 1. The number of hydrogen-bond donors (Lipinski definition) is 1. The average molecular weight is 279 g/mol. The molecular formula is C16H23ClN2. The Labute approximate surface area is 120 Å². The molecule has 0 radical (unpaired) electrons. The van der Waals surface area contributed by atoms with Crippen LogP contribution in [0.3, 0.4) is 0 Å². The van der Waals surface area contributed by atoms with Gasteiger partial charge in [0.15, 0.2) is 0 Å². The Hall–Kier alpha value is -0.570. The lowest BCUT2D eigenvalue weighted by Gasteiger charge is -2.22. The van der Waals surface area contributed by atoms with Gasteiger partial charge in [0.2, 0.25) is 0 Å². The normalized spacial score (nSPS) is 27.5. The van der Waals surface area contributed by atoms with Crippen molar-refractivity contribution in [2.24, 2.45) is 5.73 Å². The van der Waals surface area contributed by atoms with Crippen molar-refractivity contribution < 1.29 is 0 Å². The lowest BCUT2D eigenvalue weighted by Crippen LogP contribution is -2.31. The van der Waals surface area contributed by atoms with Crippen LogP contribution in [0.1, 0.15) is 43.2 Å². The lowest BCUT2D eigenvalue weighted by molar-refractivity contribution is 0.411. The van der Waals surface area contributed by atoms with Crippen LogP contribution in [0.15, 0.2) is 18.2 Å². The highest BCUT2D eigenvalue weighted by Crippen LogP contribution is 2.51. The van der Waals surface area contributed by atoms with Crippen molar-refractivity contribution in [3.05, 3.63) is 34.3 Å². The Morgan fingerprint density at radius 1 is 1.42 bits per heavy atom. The van der Waals surface area contributed by atoms with E-state index in [1.165, 1.54) is 36.9 Å². The summed E-state index contributed by atoms with van der Waals surface area (Å²) in [7, 11) is 2.18. The Balaban J connectivity index is 1.86. The molecule has 0 spiro atoms. The zero-order valence-corrected chi connectivity index (χ0v) is 12.6. The summed E-state index contributed by atoms with van der Waals surface area (Å²) in [4.78, 5) is 2.37. The number of rotatable bonds is 3. The van der Waals surface area contributed by atoms with Crippen LogP contribution in [0.4, 0.5) is 0 Å². The molecule has 2 N–H and O–H groups in total. The molecule has 3 heteroatoms. The van der Waals surface area contributed by atoms with Crippen LogP contribution in [0.2, 0.25) is 5.02 Å². The summed E-state index contributed by atoms with van der Waals surface area (Å²) in [5.41, 5.74) is 9.00. The summed E-state index contributed by atoms with van der Waals surface area (Å²) in [6.45, 7) is 4.41. The van der Waals surface area contributed by atoms with Gasteiger partial charge in [0.1, 0.15) is 0 Å². The van der Waals surface area contributed by atoms with Crippen molar-refractivity contribution in [2.75, 3.05) is 20.1 Å². The molecule has 1 saturated heterocycles. The fourth-order valence-electron chi connectivity index (χ4n) is 3.50. The maximum absolute atomic E-state index is 6.54. The van der Waals surface area contributed by atoms with Crippen molar-refractivity contribution in [1.82, 2.24) is 4.90 Å². The van der Waals surface area contributed by atoms with Crippen LogP contribution in [0.5, 0.6) is 0 Å². The van der Waals surface area contributed by atoms with Gasteiger partial charge in [-0.05, 0) is 62.9 Å². The molecule has 2 nitrogen and oxygen atoms in total. The summed E-state index contributed by atoms with van der Waals surface area (Å²) in [5, 5.41) is 0.935. The molecule has 1 aliphatic carbocycles. The third-order valence-corrected chi connectivity index (χ3v) is 5.39. The van der Waals surface area contributed by atoms with Gasteiger partial charge in [0, 0.05) is 23.0 Å². The number of nitrogens with zero attached hydrogens (tertiary/aromatic N) is 1. The molecule has 1 aliphatic heterocycles. The summed E-state index contributed by atoms with van der Waals surface area (Å²) in [6, 6.07) is 6.89. The summed E-state index contributed by atoms with van der Waals surface area (Å²) >= 11 is 6.54. The first-order valence-electron chi connectivity index (χ1n) is 7.27. The van der Waals surface area contributed by atoms with Gasteiger partial charge in [-0.1, -0.05) is 23.7 Å². The second-order valence-corrected chi connectivity index (χ2v) is 6.84. The fourth-order valence-corrected chi connectivity index (χ4v) is 3.83. The van der Waals surface area contributed by atoms with Crippen LogP contribution >= 0.6 is 11.6 Å². The Morgan fingerprint density at radius 3 is 2.63 bits per heavy atom. The molecule has 1 aromatic rings. The average Bonchev–Trinajstić information content (AvgIpc) is 3.07. The van der Waals surface area contributed by atoms with E-state index in [9.17, 15) is 0 Å². The van der Waals surface area contributed by atoms with Crippen molar-refractivity contribution in [3.8, 4) is 0 Å². The first kappa shape index (κ1) is 13.4. The van der Waals surface area contributed by atoms with Crippen LogP contribution in [0, 0.1) is 0 Å². The van der Waals surface area contributed by atoms with E-state index in [-0.39, 0.29) is 11.5 Å². The van der Waals surface area contributed by atoms with E-state index in [0.717, 1.165) is 11.6 Å². The van der Waals surface area contributed by atoms with Crippen LogP contribution in [-0.4, -0.2) is 31.1 Å². The predicted octanol–water partition coefficient (Wildman–Crippen LogP) is 3.14. The van der Waals surface area contributed by atoms with E-state index >= 15 is 0 Å². The SMILES string of the molecule is CC(N)C1(c2ccc(C3CCN(C)C3)c(Cl)c2)CC1. The van der Waals surface area contributed by atoms with Crippen molar-refractivity contribution in [1.29, 1.82) is 0 Å². The van der Waals surface area contributed by atoms with Crippen molar-refractivity contribution in [2.45, 2.75) is 43.6 Å². The zero-order chi connectivity index (χ0) is 13.6. The van der Waals surface area contributed by atoms with E-state index in [4.69, 9.17) is 17.3 Å². The highest BCUT2D eigenvalue weighted by Gasteiger charge is 2.47. The number of halogens is 1. The Kier molecular flexibility index (Phi) is 3.36. The largest absolute Gasteiger partial charge is 0.327 e. The van der Waals surface area contributed by atoms with Crippen molar-refractivity contribution in [3.63, 3.8) is 0 Å². The smallest absolute Gasteiger partial charge is 0.0444 e. The molecule has 3 rings (SSSR count). The van der Waals surface area contributed by atoms with Crippen LogP contribution in [0.25, 0.3) is 0 Å². The molecule has 2 fully saturated rings. The second-order valence-electron chi connectivity index (χ2n) is 6.43. The molecule has 0 bridgehead atoms. The predicted molar refractivity (Wildman–Crippen MR) is 80.9 cm³/mol. The molecule has 1 saturated carbocycles. The number of hydrogen-bond acceptors (Lipinski definition) is 2. The van der Waals surface area contributed by atoms with Gasteiger partial charge in [0.05, 0.1) is 0 Å². The van der Waals surface area contributed by atoms with Crippen molar-refractivity contribution >= 4 is 11.6 Å². The van der Waals surface area contributed by atoms with E-state index in [1.54, 1.807) is 0 Å². The summed E-state index contributed by atoms with van der Waals surface area (Å²) in [6.07, 6.45) is 3.62. The highest BCUT2D eigenvalue weighted by molar-refractivity contribution is 6.31. The molecule has 1 aromatic carbocycles. The molecule has 1 heterocycles. The minimum absolute atomic E-state index is 0.203. The van der Waals surface area contributed by atoms with Gasteiger partial charge < -0.3 is 10.6 Å². The zero-order valence-electron chi connectivity index (χ0n) is 11.8. The number of likely N-dealkylation sites (N-methyl/N-ethyl adjacent to an activating group) is 1. The van der Waals surface area contributed by atoms with Gasteiger partial charge in [-0.15, -0.1) is 0 Å². The van der Waals surface area contributed by atoms with Crippen LogP contribution < -0.4 is 5.73 Å².